The monoisotopic (exact) mass is 274 g/mol. The van der Waals surface area contributed by atoms with Crippen molar-refractivity contribution in [3.8, 4) is 0 Å². The molecule has 0 saturated carbocycles. The number of hydrogen-bond acceptors (Lipinski definition) is 6. The molecule has 16 heavy (non-hydrogen) atoms. The fraction of sp³-hybridized carbons (Fsp3) is 0.125. The number of hydrogen-bond donors (Lipinski definition) is 2. The Bertz CT molecular complexity index is 510. The summed E-state index contributed by atoms with van der Waals surface area (Å²) in [4.78, 5) is 12.5. The maximum atomic E-state index is 11.6. The van der Waals surface area contributed by atoms with Gasteiger partial charge in [-0.2, -0.15) is 0 Å². The van der Waals surface area contributed by atoms with Crippen molar-refractivity contribution in [2.45, 2.75) is 6.54 Å². The van der Waals surface area contributed by atoms with Crippen molar-refractivity contribution in [2.24, 2.45) is 0 Å². The van der Waals surface area contributed by atoms with E-state index < -0.39 is 0 Å². The van der Waals surface area contributed by atoms with Crippen LogP contribution in [0, 0.1) is 0 Å². The highest BCUT2D eigenvalue weighted by molar-refractivity contribution is 7.17. The van der Waals surface area contributed by atoms with Crippen molar-refractivity contribution in [1.29, 1.82) is 0 Å². The summed E-state index contributed by atoms with van der Waals surface area (Å²) in [5.41, 5.74) is 5.38. The second kappa shape index (κ2) is 4.77. The Kier molecular flexibility index (Phi) is 3.37. The summed E-state index contributed by atoms with van der Waals surface area (Å²) in [6.07, 6.45) is 0. The number of aromatic nitrogens is 2. The summed E-state index contributed by atoms with van der Waals surface area (Å²) in [6, 6.07) is 3.65. The lowest BCUT2D eigenvalue weighted by Gasteiger charge is -1.98. The van der Waals surface area contributed by atoms with Gasteiger partial charge in [-0.25, -0.2) is 0 Å². The van der Waals surface area contributed by atoms with Gasteiger partial charge in [0.15, 0.2) is 0 Å². The Morgan fingerprint density at radius 1 is 1.44 bits per heavy atom. The molecule has 3 N–H and O–H groups in total. The van der Waals surface area contributed by atoms with Crippen molar-refractivity contribution in [3.05, 3.63) is 26.4 Å². The lowest BCUT2D eigenvalue weighted by atomic mass is 10.4. The van der Waals surface area contributed by atoms with Gasteiger partial charge in [-0.1, -0.05) is 22.9 Å². The first-order valence-corrected chi connectivity index (χ1v) is 6.27. The third-order valence-corrected chi connectivity index (χ3v) is 3.67. The van der Waals surface area contributed by atoms with Gasteiger partial charge in [0, 0.05) is 4.88 Å². The highest BCUT2D eigenvalue weighted by Crippen LogP contribution is 2.21. The minimum atomic E-state index is -0.279. The maximum Gasteiger partial charge on any atom is 0.282 e. The molecule has 8 heteroatoms. The number of carbonyl (C=O) groups excluding carboxylic acids is 1. The maximum absolute atomic E-state index is 11.6. The molecule has 2 aromatic heterocycles. The molecule has 5 nitrogen and oxygen atoms in total. The molecule has 0 bridgehead atoms. The van der Waals surface area contributed by atoms with Crippen LogP contribution in [0.1, 0.15) is 14.7 Å². The van der Waals surface area contributed by atoms with Crippen LogP contribution in [0.3, 0.4) is 0 Å². The molecule has 2 aromatic rings. The number of nitrogens with zero attached hydrogens (tertiary/aromatic N) is 2. The van der Waals surface area contributed by atoms with E-state index in [4.69, 9.17) is 17.3 Å². The summed E-state index contributed by atoms with van der Waals surface area (Å²) in [6.45, 7) is 0.426. The molecule has 0 fully saturated rings. The highest BCUT2D eigenvalue weighted by Gasteiger charge is 2.11. The molecule has 2 rings (SSSR count). The van der Waals surface area contributed by atoms with E-state index >= 15 is 0 Å². The van der Waals surface area contributed by atoms with Crippen LogP contribution in [0.25, 0.3) is 0 Å². The second-order valence-corrected chi connectivity index (χ2v) is 5.64. The number of halogens is 1. The van der Waals surface area contributed by atoms with Gasteiger partial charge in [0.1, 0.15) is 0 Å². The fourth-order valence-corrected chi connectivity index (χ4v) is 2.57. The minimum absolute atomic E-state index is 0.264. The van der Waals surface area contributed by atoms with Crippen LogP contribution in [0.2, 0.25) is 4.34 Å². The van der Waals surface area contributed by atoms with Crippen molar-refractivity contribution in [1.82, 2.24) is 15.5 Å². The summed E-state index contributed by atoms with van der Waals surface area (Å²) in [5.74, 6) is -0.279. The van der Waals surface area contributed by atoms with Crippen LogP contribution in [0.5, 0.6) is 0 Å². The van der Waals surface area contributed by atoms with E-state index in [1.54, 1.807) is 6.07 Å². The van der Waals surface area contributed by atoms with Gasteiger partial charge in [-0.05, 0) is 12.1 Å². The molecule has 0 aliphatic heterocycles. The average Bonchev–Trinajstić information content (AvgIpc) is 2.84. The number of thiophene rings is 1. The lowest BCUT2D eigenvalue weighted by Crippen LogP contribution is -2.22. The van der Waals surface area contributed by atoms with Crippen LogP contribution >= 0.6 is 34.3 Å². The van der Waals surface area contributed by atoms with Crippen LogP contribution in [0.15, 0.2) is 12.1 Å². The highest BCUT2D eigenvalue weighted by atomic mass is 35.5. The van der Waals surface area contributed by atoms with E-state index in [1.807, 2.05) is 6.07 Å². The van der Waals surface area contributed by atoms with Crippen LogP contribution in [0.4, 0.5) is 5.13 Å². The van der Waals surface area contributed by atoms with Crippen LogP contribution < -0.4 is 11.1 Å². The van der Waals surface area contributed by atoms with E-state index in [9.17, 15) is 4.79 Å². The Morgan fingerprint density at radius 2 is 2.25 bits per heavy atom. The topological polar surface area (TPSA) is 80.9 Å². The molecule has 1 amide bonds. The van der Waals surface area contributed by atoms with Crippen molar-refractivity contribution < 1.29 is 4.79 Å². The molecule has 84 valence electrons. The number of nitrogen functional groups attached to an aromatic ring is 1. The Labute approximate surface area is 104 Å². The largest absolute Gasteiger partial charge is 0.374 e. The zero-order chi connectivity index (χ0) is 11.5. The Morgan fingerprint density at radius 3 is 2.81 bits per heavy atom. The first-order valence-electron chi connectivity index (χ1n) is 4.26. The molecule has 0 atom stereocenters. The predicted octanol–water partition coefficient (Wildman–Crippen LogP) is 1.77. The van der Waals surface area contributed by atoms with E-state index in [0.717, 1.165) is 16.2 Å². The Hall–Kier alpha value is -1.18. The second-order valence-electron chi connectivity index (χ2n) is 2.83. The summed E-state index contributed by atoms with van der Waals surface area (Å²) >= 11 is 8.25. The van der Waals surface area contributed by atoms with Gasteiger partial charge in [-0.15, -0.1) is 21.5 Å². The molecule has 0 radical (unpaired) electrons. The standard InChI is InChI=1S/C8H7ClN4OS2/c9-5-2-1-4(15-5)3-11-6(14)7-12-13-8(10)16-7/h1-2H,3H2,(H2,10,13)(H,11,14). The number of rotatable bonds is 3. The molecule has 0 aliphatic carbocycles. The van der Waals surface area contributed by atoms with Gasteiger partial charge >= 0.3 is 0 Å². The fourth-order valence-electron chi connectivity index (χ4n) is 1.02. The molecule has 2 heterocycles. The smallest absolute Gasteiger partial charge is 0.282 e. The summed E-state index contributed by atoms with van der Waals surface area (Å²) in [5, 5.41) is 10.5. The van der Waals surface area contributed by atoms with Crippen LogP contribution in [-0.2, 0) is 6.54 Å². The normalized spacial score (nSPS) is 10.3. The third-order valence-electron chi connectivity index (χ3n) is 1.69. The van der Waals surface area contributed by atoms with E-state index in [2.05, 4.69) is 15.5 Å². The summed E-state index contributed by atoms with van der Waals surface area (Å²) < 4.78 is 0.699. The third kappa shape index (κ3) is 2.69. The molecule has 0 aromatic carbocycles. The first-order chi connectivity index (χ1) is 7.65. The minimum Gasteiger partial charge on any atom is -0.374 e. The molecule has 0 aliphatic rings. The molecular formula is C8H7ClN4OS2. The number of nitrogens with one attached hydrogen (secondary N) is 1. The first kappa shape index (κ1) is 11.3. The van der Waals surface area contributed by atoms with Gasteiger partial charge in [0.25, 0.3) is 5.91 Å². The molecular weight excluding hydrogens is 268 g/mol. The summed E-state index contributed by atoms with van der Waals surface area (Å²) in [7, 11) is 0. The van der Waals surface area contributed by atoms with Gasteiger partial charge in [0.05, 0.1) is 10.9 Å². The van der Waals surface area contributed by atoms with Gasteiger partial charge in [-0.3, -0.25) is 4.79 Å². The van der Waals surface area contributed by atoms with Crippen molar-refractivity contribution in [2.75, 3.05) is 5.73 Å². The molecule has 0 spiro atoms. The zero-order valence-corrected chi connectivity index (χ0v) is 10.3. The average molecular weight is 275 g/mol. The zero-order valence-electron chi connectivity index (χ0n) is 7.94. The Balaban J connectivity index is 1.93. The lowest BCUT2D eigenvalue weighted by molar-refractivity contribution is 0.0950. The van der Waals surface area contributed by atoms with Gasteiger partial charge < -0.3 is 11.1 Å². The SMILES string of the molecule is Nc1nnc(C(=O)NCc2ccc(Cl)s2)s1. The van der Waals surface area contributed by atoms with Crippen LogP contribution in [-0.4, -0.2) is 16.1 Å². The predicted molar refractivity (Wildman–Crippen MR) is 64.8 cm³/mol. The van der Waals surface area contributed by atoms with E-state index in [1.165, 1.54) is 11.3 Å². The molecule has 0 saturated heterocycles. The van der Waals surface area contributed by atoms with Crippen molar-refractivity contribution >= 4 is 45.3 Å². The molecule has 0 unspecified atom stereocenters. The quantitative estimate of drug-likeness (QED) is 0.894. The number of nitrogens with two attached hydrogens (primary N) is 1. The number of anilines is 1. The van der Waals surface area contributed by atoms with E-state index in [0.29, 0.717) is 10.9 Å². The van der Waals surface area contributed by atoms with Crippen molar-refractivity contribution in [3.63, 3.8) is 0 Å². The van der Waals surface area contributed by atoms with E-state index in [-0.39, 0.29) is 16.0 Å². The van der Waals surface area contributed by atoms with Gasteiger partial charge in [0.2, 0.25) is 10.1 Å². The number of carbonyl (C=O) groups is 1. The number of amides is 1.